The van der Waals surface area contributed by atoms with Gasteiger partial charge < -0.3 is 9.64 Å². The van der Waals surface area contributed by atoms with Gasteiger partial charge in [0.2, 0.25) is 5.96 Å². The van der Waals surface area contributed by atoms with Gasteiger partial charge in [-0.1, -0.05) is 63.3 Å². The predicted octanol–water partition coefficient (Wildman–Crippen LogP) is 7.04. The Bertz CT molecular complexity index is 1220. The van der Waals surface area contributed by atoms with Gasteiger partial charge in [0.05, 0.1) is 36.0 Å². The molecular weight excluding hydrogens is 564 g/mol. The Kier molecular flexibility index (Phi) is 10.5. The molecule has 9 nitrogen and oxygen atoms in total. The number of anilines is 1. The highest BCUT2D eigenvalue weighted by Gasteiger charge is 2.46. The summed E-state index contributed by atoms with van der Waals surface area (Å²) in [4.78, 5) is 25.8. The second kappa shape index (κ2) is 14.6. The highest BCUT2D eigenvalue weighted by Crippen LogP contribution is 2.39. The molecule has 250 valence electrons. The molecule has 0 saturated carbocycles. The van der Waals surface area contributed by atoms with Gasteiger partial charge in [-0.2, -0.15) is 0 Å². The molecule has 0 bridgehead atoms. The van der Waals surface area contributed by atoms with E-state index in [9.17, 15) is 10.0 Å². The molecular formula is C36H59N6O3+. The number of nitrogens with one attached hydrogen (secondary N) is 1. The summed E-state index contributed by atoms with van der Waals surface area (Å²) in [5.74, 6) is 1.56. The molecule has 0 amide bonds. The van der Waals surface area contributed by atoms with Crippen LogP contribution in [0, 0.1) is 6.92 Å². The summed E-state index contributed by atoms with van der Waals surface area (Å²) in [6, 6.07) is 2.44. The first-order valence-corrected chi connectivity index (χ1v) is 18.6. The number of guanidine groups is 1. The molecule has 1 aromatic heterocycles. The van der Waals surface area contributed by atoms with E-state index in [-0.39, 0.29) is 18.1 Å². The zero-order valence-electron chi connectivity index (χ0n) is 28.5. The summed E-state index contributed by atoms with van der Waals surface area (Å²) in [5.41, 5.74) is 2.59. The quantitative estimate of drug-likeness (QED) is 0.123. The van der Waals surface area contributed by atoms with Crippen molar-refractivity contribution in [1.82, 2.24) is 14.9 Å². The Morgan fingerprint density at radius 2 is 1.76 bits per heavy atom. The maximum atomic E-state index is 13.5. The normalized spacial score (nSPS) is 28.8. The van der Waals surface area contributed by atoms with Gasteiger partial charge in [-0.05, 0) is 78.6 Å². The Morgan fingerprint density at radius 3 is 2.58 bits per heavy atom. The summed E-state index contributed by atoms with van der Waals surface area (Å²) in [7, 11) is 0. The minimum Gasteiger partial charge on any atom is -0.459 e. The van der Waals surface area contributed by atoms with Crippen molar-refractivity contribution in [1.29, 1.82) is 0 Å². The predicted molar refractivity (Wildman–Crippen MR) is 177 cm³/mol. The number of esters is 1. The van der Waals surface area contributed by atoms with Crippen LogP contribution < -0.4 is 9.88 Å². The number of carbonyl (C=O) groups excluding carboxylic acids is 1. The van der Waals surface area contributed by atoms with Crippen molar-refractivity contribution in [3.63, 3.8) is 0 Å². The van der Waals surface area contributed by atoms with Crippen LogP contribution in [-0.4, -0.2) is 68.4 Å². The Morgan fingerprint density at radius 1 is 1.02 bits per heavy atom. The lowest BCUT2D eigenvalue weighted by Crippen LogP contribution is -2.59. The van der Waals surface area contributed by atoms with E-state index in [2.05, 4.69) is 28.6 Å². The summed E-state index contributed by atoms with van der Waals surface area (Å²) >= 11 is 0. The minimum absolute atomic E-state index is 0.118. The van der Waals surface area contributed by atoms with E-state index in [1.165, 1.54) is 62.9 Å². The first-order valence-electron chi connectivity index (χ1n) is 18.6. The lowest BCUT2D eigenvalue weighted by atomic mass is 9.97. The molecule has 5 aliphatic rings. The van der Waals surface area contributed by atoms with Gasteiger partial charge in [0, 0.05) is 24.9 Å². The number of aryl methyl sites for hydroxylation is 1. The van der Waals surface area contributed by atoms with Gasteiger partial charge in [0.25, 0.3) is 0 Å². The molecule has 5 aliphatic heterocycles. The van der Waals surface area contributed by atoms with E-state index in [0.29, 0.717) is 35.8 Å². The van der Waals surface area contributed by atoms with Crippen LogP contribution in [0.15, 0.2) is 4.99 Å². The fourth-order valence-electron chi connectivity index (χ4n) is 9.01. The molecule has 0 radical (unpaired) electrons. The summed E-state index contributed by atoms with van der Waals surface area (Å²) in [6.45, 7) is 8.37. The number of carbonyl (C=O) groups is 1. The van der Waals surface area contributed by atoms with E-state index >= 15 is 0 Å². The first kappa shape index (κ1) is 32.5. The number of hydrogen-bond acceptors (Lipinski definition) is 8. The molecule has 9 heteroatoms. The molecule has 2 fully saturated rings. The molecule has 1 aromatic rings. The zero-order valence-corrected chi connectivity index (χ0v) is 28.5. The number of aliphatic imine (C=N–C) groups is 1. The van der Waals surface area contributed by atoms with E-state index in [0.717, 1.165) is 87.5 Å². The van der Waals surface area contributed by atoms with Gasteiger partial charge in [-0.15, -0.1) is 0 Å². The van der Waals surface area contributed by atoms with E-state index in [4.69, 9.17) is 14.7 Å². The molecule has 45 heavy (non-hydrogen) atoms. The van der Waals surface area contributed by atoms with Crippen LogP contribution in [0.4, 0.5) is 5.95 Å². The van der Waals surface area contributed by atoms with Gasteiger partial charge in [0.1, 0.15) is 11.3 Å². The van der Waals surface area contributed by atoms with Crippen LogP contribution in [0.2, 0.25) is 0 Å². The first-order chi connectivity index (χ1) is 21.8. The fourth-order valence-corrected chi connectivity index (χ4v) is 9.01. The number of unbranched alkanes of at least 4 members (excludes halogenated alkanes) is 7. The van der Waals surface area contributed by atoms with Crippen LogP contribution in [0.5, 0.6) is 0 Å². The van der Waals surface area contributed by atoms with E-state index in [1.807, 2.05) is 13.8 Å². The smallest absolute Gasteiger partial charge is 0.392 e. The standard InChI is InChI=1S/C36H58N6O3/c1-5-6-7-8-9-12-15-27-22-31-19-20-32-33(26(4)37-35(38-27)41(31)32)34(43)45-25(3)14-11-10-13-16-28-23-30-18-17-29-21-24(2)42(44)36(39-28)40(29)30/h24-25,27-31,44H,5-23H2,1-4H3/p+1/t24-,25?,27-,28-,29+,30+,31+/m1/s1. The zero-order chi connectivity index (χ0) is 31.5. The highest BCUT2D eigenvalue weighted by atomic mass is 16.5. The average molecular weight is 624 g/mol. The summed E-state index contributed by atoms with van der Waals surface area (Å²) in [6.07, 6.45) is 21.9. The van der Waals surface area contributed by atoms with Gasteiger partial charge in [-0.3, -0.25) is 10.5 Å². The lowest BCUT2D eigenvalue weighted by molar-refractivity contribution is -0.710. The lowest BCUT2D eigenvalue weighted by Gasteiger charge is -2.47. The molecule has 2 saturated heterocycles. The number of rotatable bonds is 15. The SMILES string of the molecule is CCCCCCCC[C@@H]1C[C@@H]2CCc3c(C(=O)OC(C)CCCCC[C@@H]4C[C@@H]5CC[C@H]6C[C@@H](C)N(O)C(=N4)N56)c(C)nc([n+]32)N1. The summed E-state index contributed by atoms with van der Waals surface area (Å²) in [5, 5.41) is 15.8. The van der Waals surface area contributed by atoms with Crippen molar-refractivity contribution in [2.24, 2.45) is 4.99 Å². The Hall–Kier alpha value is -2.42. The molecule has 6 rings (SSSR count). The molecule has 0 aromatic carbocycles. The molecule has 0 spiro atoms. The van der Waals surface area contributed by atoms with Crippen LogP contribution in [0.3, 0.4) is 0 Å². The van der Waals surface area contributed by atoms with Crippen molar-refractivity contribution in [3.05, 3.63) is 17.0 Å². The summed E-state index contributed by atoms with van der Waals surface area (Å²) < 4.78 is 8.34. The van der Waals surface area contributed by atoms with E-state index < -0.39 is 0 Å². The molecule has 1 unspecified atom stereocenters. The highest BCUT2D eigenvalue weighted by molar-refractivity contribution is 5.91. The van der Waals surface area contributed by atoms with Crippen molar-refractivity contribution in [2.75, 3.05) is 5.32 Å². The van der Waals surface area contributed by atoms with Crippen molar-refractivity contribution in [3.8, 4) is 0 Å². The average Bonchev–Trinajstić information content (AvgIpc) is 3.62. The third-order valence-corrected chi connectivity index (χ3v) is 11.4. The van der Waals surface area contributed by atoms with Crippen LogP contribution in [-0.2, 0) is 11.2 Å². The van der Waals surface area contributed by atoms with Crippen molar-refractivity contribution >= 4 is 17.9 Å². The van der Waals surface area contributed by atoms with E-state index in [1.54, 1.807) is 0 Å². The third-order valence-electron chi connectivity index (χ3n) is 11.4. The van der Waals surface area contributed by atoms with Crippen molar-refractivity contribution in [2.45, 2.75) is 192 Å². The second-order valence-corrected chi connectivity index (χ2v) is 14.9. The topological polar surface area (TPSA) is 94.2 Å². The molecule has 6 heterocycles. The maximum Gasteiger partial charge on any atom is 0.392 e. The fraction of sp³-hybridized carbons (Fsp3) is 0.833. The van der Waals surface area contributed by atoms with Crippen LogP contribution in [0.1, 0.15) is 164 Å². The third kappa shape index (κ3) is 7.13. The van der Waals surface area contributed by atoms with Crippen LogP contribution in [0.25, 0.3) is 0 Å². The van der Waals surface area contributed by atoms with Crippen LogP contribution >= 0.6 is 0 Å². The minimum atomic E-state index is -0.208. The maximum absolute atomic E-state index is 13.5. The molecule has 7 atom stereocenters. The monoisotopic (exact) mass is 623 g/mol. The number of nitrogens with zero attached hydrogens (tertiary/aromatic N) is 5. The molecule has 2 N–H and O–H groups in total. The number of hydrogen-bond donors (Lipinski definition) is 2. The largest absolute Gasteiger partial charge is 0.459 e. The number of aromatic nitrogens is 2. The van der Waals surface area contributed by atoms with Gasteiger partial charge in [-0.25, -0.2) is 19.4 Å². The Labute approximate surface area is 271 Å². The second-order valence-electron chi connectivity index (χ2n) is 14.9. The van der Waals surface area contributed by atoms with Gasteiger partial charge >= 0.3 is 11.9 Å². The van der Waals surface area contributed by atoms with Crippen molar-refractivity contribution < 1.29 is 19.3 Å². The Balaban J connectivity index is 0.950. The molecule has 0 aliphatic carbocycles. The number of hydroxylamine groups is 2. The number of ether oxygens (including phenoxy) is 1. The van der Waals surface area contributed by atoms with Gasteiger partial charge in [0.15, 0.2) is 0 Å².